The van der Waals surface area contributed by atoms with Crippen molar-refractivity contribution in [2.24, 2.45) is 0 Å². The van der Waals surface area contributed by atoms with Gasteiger partial charge in [0.05, 0.1) is 13.2 Å². The lowest BCUT2D eigenvalue weighted by molar-refractivity contribution is 0.0616. The van der Waals surface area contributed by atoms with E-state index in [0.717, 1.165) is 73.0 Å². The van der Waals surface area contributed by atoms with E-state index in [9.17, 15) is 5.11 Å². The third-order valence-electron chi connectivity index (χ3n) is 17.1. The third kappa shape index (κ3) is 6.89. The molecule has 354 valence electrons. The first kappa shape index (κ1) is 45.7. The normalized spacial score (nSPS) is 26.6. The van der Waals surface area contributed by atoms with Crippen molar-refractivity contribution in [1.82, 2.24) is 0 Å². The molecule has 2 aliphatic heterocycles. The summed E-state index contributed by atoms with van der Waals surface area (Å²) in [4.78, 5) is 0. The van der Waals surface area contributed by atoms with Gasteiger partial charge in [0.15, 0.2) is 0 Å². The molecule has 2 spiro atoms. The maximum absolute atomic E-state index is 11.8. The minimum Gasteiger partial charge on any atom is -0.490 e. The summed E-state index contributed by atoms with van der Waals surface area (Å²) in [5.74, 6) is 3.76. The predicted octanol–water partition coefficient (Wildman–Crippen LogP) is 11.8. The second-order valence-corrected chi connectivity index (χ2v) is 24.5. The average Bonchev–Trinajstić information content (AvgIpc) is 4.13. The molecular formula is C59H76O7. The second-order valence-electron chi connectivity index (χ2n) is 24.5. The maximum Gasteiger partial charge on any atom is 0.125 e. The topological polar surface area (TPSA) is 82.2 Å². The number of fused-ring (bicyclic) bond motifs is 8. The molecule has 4 aromatic rings. The smallest absolute Gasteiger partial charge is 0.125 e. The van der Waals surface area contributed by atoms with Gasteiger partial charge in [0.2, 0.25) is 0 Å². The number of benzene rings is 4. The molecule has 6 aliphatic rings. The van der Waals surface area contributed by atoms with Crippen molar-refractivity contribution in [1.29, 1.82) is 0 Å². The van der Waals surface area contributed by atoms with Gasteiger partial charge in [-0.05, 0) is 192 Å². The van der Waals surface area contributed by atoms with Crippen molar-refractivity contribution < 1.29 is 33.5 Å². The molecule has 4 aliphatic carbocycles. The fraction of sp³-hybridized carbons (Fsp3) is 0.593. The van der Waals surface area contributed by atoms with Crippen molar-refractivity contribution >= 4 is 0 Å². The summed E-state index contributed by atoms with van der Waals surface area (Å²) in [5.41, 5.74) is 20.3. The van der Waals surface area contributed by atoms with E-state index in [4.69, 9.17) is 28.4 Å². The molecule has 2 heterocycles. The molecule has 4 aromatic carbocycles. The Morgan fingerprint density at radius 3 is 0.939 bits per heavy atom. The summed E-state index contributed by atoms with van der Waals surface area (Å²) in [5, 5.41) is 11.8. The lowest BCUT2D eigenvalue weighted by Gasteiger charge is -2.33. The van der Waals surface area contributed by atoms with Gasteiger partial charge >= 0.3 is 0 Å². The molecule has 1 N–H and O–H groups in total. The van der Waals surface area contributed by atoms with Crippen LogP contribution in [0.4, 0.5) is 0 Å². The molecule has 0 aromatic heterocycles. The molecular weight excluding hydrogens is 821 g/mol. The molecule has 0 bridgehead atoms. The van der Waals surface area contributed by atoms with Crippen LogP contribution in [0, 0.1) is 55.4 Å². The van der Waals surface area contributed by atoms with Crippen LogP contribution in [0.3, 0.4) is 0 Å². The molecule has 66 heavy (non-hydrogen) atoms. The number of aliphatic hydroxyl groups excluding tert-OH is 1. The second kappa shape index (κ2) is 15.0. The fourth-order valence-corrected chi connectivity index (χ4v) is 14.9. The number of aliphatic hydroxyl groups is 1. The summed E-state index contributed by atoms with van der Waals surface area (Å²) in [7, 11) is 0. The number of epoxide rings is 2. The van der Waals surface area contributed by atoms with Crippen molar-refractivity contribution in [2.75, 3.05) is 39.6 Å². The van der Waals surface area contributed by atoms with Gasteiger partial charge in [-0.3, -0.25) is 0 Å². The van der Waals surface area contributed by atoms with Gasteiger partial charge < -0.3 is 33.5 Å². The quantitative estimate of drug-likeness (QED) is 0.142. The van der Waals surface area contributed by atoms with Crippen LogP contribution in [-0.4, -0.2) is 63.1 Å². The third-order valence-corrected chi connectivity index (χ3v) is 17.1. The van der Waals surface area contributed by atoms with E-state index in [2.05, 4.69) is 135 Å². The Hall–Kier alpha value is -4.04. The highest BCUT2D eigenvalue weighted by Crippen LogP contribution is 2.67. The predicted molar refractivity (Wildman–Crippen MR) is 263 cm³/mol. The highest BCUT2D eigenvalue weighted by molar-refractivity contribution is 5.71. The summed E-state index contributed by atoms with van der Waals surface area (Å²) in [6.07, 6.45) is 3.63. The van der Waals surface area contributed by atoms with Crippen molar-refractivity contribution in [3.05, 3.63) is 113 Å². The van der Waals surface area contributed by atoms with Crippen molar-refractivity contribution in [3.8, 4) is 23.0 Å². The standard InChI is InChI=1S/C59H76O7/c1-31-17-42-46(58(27-54(42,9)10)29-56(13,14)44-19-33(3)52(37(7)48(44)58)65-25-40-23-61-40)35(5)50(31)63-21-39(60)22-64-51-32(2)18-43-47(36(51)6)59(28-55(43,11)12)30-57(15,16)45-20-34(4)53(38(8)49(45)59)66-26-41-24-62-41/h17-20,39-41,60H,21-30H2,1-16H3. The first-order valence-corrected chi connectivity index (χ1v) is 24.9. The highest BCUT2D eigenvalue weighted by Gasteiger charge is 2.60. The Bertz CT molecular complexity index is 2500. The zero-order valence-electron chi connectivity index (χ0n) is 43.0. The van der Waals surface area contributed by atoms with E-state index in [1.165, 1.54) is 77.9 Å². The lowest BCUT2D eigenvalue weighted by atomic mass is 9.70. The number of hydrogen-bond donors (Lipinski definition) is 1. The molecule has 4 atom stereocenters. The Balaban J connectivity index is 0.948. The van der Waals surface area contributed by atoms with Crippen LogP contribution < -0.4 is 18.9 Å². The van der Waals surface area contributed by atoms with Crippen LogP contribution in [0.25, 0.3) is 0 Å². The van der Waals surface area contributed by atoms with Crippen LogP contribution in [0.2, 0.25) is 0 Å². The fourth-order valence-electron chi connectivity index (χ4n) is 14.9. The summed E-state index contributed by atoms with van der Waals surface area (Å²) in [6.45, 7) is 40.1. The lowest BCUT2D eigenvalue weighted by Crippen LogP contribution is -2.29. The van der Waals surface area contributed by atoms with E-state index in [0.29, 0.717) is 13.2 Å². The number of hydrogen-bond acceptors (Lipinski definition) is 7. The summed E-state index contributed by atoms with van der Waals surface area (Å²) < 4.78 is 37.7. The summed E-state index contributed by atoms with van der Waals surface area (Å²) >= 11 is 0. The van der Waals surface area contributed by atoms with E-state index in [1.54, 1.807) is 0 Å². The minimum atomic E-state index is -0.835. The molecule has 0 amide bonds. The van der Waals surface area contributed by atoms with E-state index in [-0.39, 0.29) is 57.9 Å². The minimum absolute atomic E-state index is 0.0201. The number of aryl methyl sites for hydroxylation is 4. The Morgan fingerprint density at radius 2 is 0.697 bits per heavy atom. The van der Waals surface area contributed by atoms with E-state index in [1.807, 2.05) is 0 Å². The zero-order chi connectivity index (χ0) is 47.4. The van der Waals surface area contributed by atoms with Gasteiger partial charge in [-0.15, -0.1) is 0 Å². The molecule has 7 heteroatoms. The Labute approximate surface area is 395 Å². The van der Waals surface area contributed by atoms with Gasteiger partial charge in [-0.2, -0.15) is 0 Å². The molecule has 7 nitrogen and oxygen atoms in total. The van der Waals surface area contributed by atoms with E-state index >= 15 is 0 Å². The van der Waals surface area contributed by atoms with Gasteiger partial charge in [-0.1, -0.05) is 79.7 Å². The monoisotopic (exact) mass is 897 g/mol. The Morgan fingerprint density at radius 1 is 0.455 bits per heavy atom. The number of rotatable bonds is 12. The first-order chi connectivity index (χ1) is 30.8. The SMILES string of the molecule is Cc1cc2c(c(C)c1OCC(O)COc1c(C)cc3c(c1C)C1(CC3(C)C)CC(C)(C)c3cc(C)c(OCC4CO4)c(C)c31)C1(CC2(C)C)CC(C)(C)c2cc(C)c(OCC3CO3)c(C)c21. The average molecular weight is 897 g/mol. The van der Waals surface area contributed by atoms with Gasteiger partial charge in [-0.25, -0.2) is 0 Å². The van der Waals surface area contributed by atoms with Crippen LogP contribution in [0.15, 0.2) is 24.3 Å². The van der Waals surface area contributed by atoms with Crippen LogP contribution in [0.1, 0.15) is 170 Å². The molecule has 2 saturated heterocycles. The highest BCUT2D eigenvalue weighted by atomic mass is 16.6. The molecule has 10 rings (SSSR count). The Kier molecular flexibility index (Phi) is 10.4. The number of ether oxygens (including phenoxy) is 6. The van der Waals surface area contributed by atoms with Crippen molar-refractivity contribution in [3.63, 3.8) is 0 Å². The molecule has 2 fully saturated rings. The zero-order valence-corrected chi connectivity index (χ0v) is 43.0. The van der Waals surface area contributed by atoms with Crippen LogP contribution in [-0.2, 0) is 42.0 Å². The summed E-state index contributed by atoms with van der Waals surface area (Å²) in [6, 6.07) is 9.56. The molecule has 0 saturated carbocycles. The van der Waals surface area contributed by atoms with Crippen LogP contribution in [0.5, 0.6) is 23.0 Å². The largest absolute Gasteiger partial charge is 0.490 e. The molecule has 0 radical (unpaired) electrons. The van der Waals surface area contributed by atoms with Crippen LogP contribution >= 0.6 is 0 Å². The van der Waals surface area contributed by atoms with Gasteiger partial charge in [0, 0.05) is 10.8 Å². The van der Waals surface area contributed by atoms with Crippen molar-refractivity contribution in [2.45, 2.75) is 187 Å². The maximum atomic E-state index is 11.8. The molecule has 4 unspecified atom stereocenters. The first-order valence-electron chi connectivity index (χ1n) is 24.9. The van der Waals surface area contributed by atoms with Gasteiger partial charge in [0.25, 0.3) is 0 Å². The van der Waals surface area contributed by atoms with Gasteiger partial charge in [0.1, 0.15) is 67.7 Å². The van der Waals surface area contributed by atoms with E-state index < -0.39 is 6.10 Å².